The van der Waals surface area contributed by atoms with E-state index in [1.165, 1.54) is 5.56 Å². The zero-order valence-corrected chi connectivity index (χ0v) is 19.2. The summed E-state index contributed by atoms with van der Waals surface area (Å²) in [6.07, 6.45) is 5.82. The SMILES string of the molecule is N#CCCNCCCCNC(=O)[C@H](CO)NC(=O)CCCCCc1ccc(N=C(N)N)cc1. The van der Waals surface area contributed by atoms with Crippen molar-refractivity contribution in [2.75, 3.05) is 26.2 Å². The van der Waals surface area contributed by atoms with Crippen molar-refractivity contribution in [3.8, 4) is 6.07 Å². The molecule has 8 N–H and O–H groups in total. The Morgan fingerprint density at radius 2 is 1.76 bits per heavy atom. The average molecular weight is 460 g/mol. The first-order chi connectivity index (χ1) is 16.0. The number of carbonyl (C=O) groups is 2. The smallest absolute Gasteiger partial charge is 0.244 e. The maximum Gasteiger partial charge on any atom is 0.244 e. The summed E-state index contributed by atoms with van der Waals surface area (Å²) in [7, 11) is 0. The lowest BCUT2D eigenvalue weighted by Crippen LogP contribution is -2.49. The summed E-state index contributed by atoms with van der Waals surface area (Å²) in [6, 6.07) is 8.80. The number of aliphatic hydroxyl groups excluding tert-OH is 1. The molecule has 1 rings (SSSR count). The Morgan fingerprint density at radius 1 is 1.03 bits per heavy atom. The molecule has 0 aliphatic carbocycles. The van der Waals surface area contributed by atoms with Gasteiger partial charge in [-0.15, -0.1) is 0 Å². The summed E-state index contributed by atoms with van der Waals surface area (Å²) < 4.78 is 0. The first kappa shape index (κ1) is 27.9. The molecule has 1 atom stereocenters. The molecule has 0 aliphatic rings. The Morgan fingerprint density at radius 3 is 2.42 bits per heavy atom. The zero-order valence-electron chi connectivity index (χ0n) is 19.2. The summed E-state index contributed by atoms with van der Waals surface area (Å²) in [4.78, 5) is 28.2. The van der Waals surface area contributed by atoms with Crippen LogP contribution >= 0.6 is 0 Å². The number of carbonyl (C=O) groups excluding carboxylic acids is 2. The molecule has 0 heterocycles. The average Bonchev–Trinajstić information content (AvgIpc) is 2.79. The van der Waals surface area contributed by atoms with Crippen LogP contribution in [0.4, 0.5) is 5.69 Å². The van der Waals surface area contributed by atoms with Gasteiger partial charge in [-0.25, -0.2) is 4.99 Å². The van der Waals surface area contributed by atoms with Crippen LogP contribution in [-0.2, 0) is 16.0 Å². The van der Waals surface area contributed by atoms with Crippen LogP contribution in [0, 0.1) is 11.3 Å². The number of unbranched alkanes of at least 4 members (excludes halogenated alkanes) is 3. The molecule has 1 aromatic rings. The van der Waals surface area contributed by atoms with Crippen LogP contribution in [-0.4, -0.2) is 55.2 Å². The van der Waals surface area contributed by atoms with E-state index in [9.17, 15) is 14.7 Å². The van der Waals surface area contributed by atoms with Crippen molar-refractivity contribution in [3.05, 3.63) is 29.8 Å². The molecule has 182 valence electrons. The number of nitrogens with two attached hydrogens (primary N) is 2. The molecular weight excluding hydrogens is 422 g/mol. The molecule has 0 aliphatic heterocycles. The number of aliphatic hydroxyl groups is 1. The molecule has 0 aromatic heterocycles. The van der Waals surface area contributed by atoms with E-state index in [0.29, 0.717) is 38.0 Å². The van der Waals surface area contributed by atoms with Crippen molar-refractivity contribution >= 4 is 23.5 Å². The fourth-order valence-electron chi connectivity index (χ4n) is 3.12. The largest absolute Gasteiger partial charge is 0.394 e. The highest BCUT2D eigenvalue weighted by molar-refractivity contribution is 5.87. The first-order valence-electron chi connectivity index (χ1n) is 11.4. The monoisotopic (exact) mass is 459 g/mol. The van der Waals surface area contributed by atoms with Gasteiger partial charge in [-0.1, -0.05) is 18.6 Å². The van der Waals surface area contributed by atoms with Gasteiger partial charge in [-0.3, -0.25) is 9.59 Å². The number of amides is 2. The number of benzene rings is 1. The number of nitrogens with zero attached hydrogens (tertiary/aromatic N) is 2. The Bertz CT molecular complexity index is 771. The topological polar surface area (TPSA) is 179 Å². The number of nitrogens with one attached hydrogen (secondary N) is 3. The lowest BCUT2D eigenvalue weighted by atomic mass is 10.1. The molecule has 10 nitrogen and oxygen atoms in total. The minimum Gasteiger partial charge on any atom is -0.394 e. The maximum atomic E-state index is 12.1. The van der Waals surface area contributed by atoms with Crippen LogP contribution in [0.25, 0.3) is 0 Å². The number of hydrogen-bond acceptors (Lipinski definition) is 6. The van der Waals surface area contributed by atoms with Gasteiger partial charge < -0.3 is 32.5 Å². The van der Waals surface area contributed by atoms with Gasteiger partial charge in [0.1, 0.15) is 6.04 Å². The summed E-state index contributed by atoms with van der Waals surface area (Å²) in [6.45, 7) is 1.47. The molecule has 0 saturated heterocycles. The number of rotatable bonds is 17. The van der Waals surface area contributed by atoms with E-state index in [4.69, 9.17) is 16.7 Å². The number of nitriles is 1. The Balaban J connectivity index is 2.15. The zero-order chi connectivity index (χ0) is 24.3. The van der Waals surface area contributed by atoms with Crippen LogP contribution in [0.2, 0.25) is 0 Å². The third-order valence-electron chi connectivity index (χ3n) is 4.89. The van der Waals surface area contributed by atoms with E-state index in [0.717, 1.165) is 38.6 Å². The number of hydrogen-bond donors (Lipinski definition) is 6. The maximum absolute atomic E-state index is 12.1. The van der Waals surface area contributed by atoms with Crippen molar-refractivity contribution < 1.29 is 14.7 Å². The van der Waals surface area contributed by atoms with Gasteiger partial charge in [-0.05, 0) is 56.3 Å². The molecule has 0 radical (unpaired) electrons. The van der Waals surface area contributed by atoms with Gasteiger partial charge in [0.2, 0.25) is 11.8 Å². The van der Waals surface area contributed by atoms with E-state index in [1.807, 2.05) is 24.3 Å². The molecule has 10 heteroatoms. The second-order valence-electron chi connectivity index (χ2n) is 7.72. The van der Waals surface area contributed by atoms with E-state index in [1.54, 1.807) is 0 Å². The highest BCUT2D eigenvalue weighted by atomic mass is 16.3. The summed E-state index contributed by atoms with van der Waals surface area (Å²) in [5, 5.41) is 26.4. The molecular formula is C23H37N7O3. The minimum atomic E-state index is -0.935. The highest BCUT2D eigenvalue weighted by Gasteiger charge is 2.19. The predicted molar refractivity (Wildman–Crippen MR) is 128 cm³/mol. The van der Waals surface area contributed by atoms with Crippen molar-refractivity contribution in [1.29, 1.82) is 5.26 Å². The predicted octanol–water partition coefficient (Wildman–Crippen LogP) is 0.571. The molecule has 2 amide bonds. The van der Waals surface area contributed by atoms with Crippen molar-refractivity contribution in [3.63, 3.8) is 0 Å². The van der Waals surface area contributed by atoms with Gasteiger partial charge in [0.25, 0.3) is 0 Å². The second-order valence-corrected chi connectivity index (χ2v) is 7.72. The number of guanidine groups is 1. The normalized spacial score (nSPS) is 11.3. The van der Waals surface area contributed by atoms with Crippen LogP contribution in [0.3, 0.4) is 0 Å². The molecule has 33 heavy (non-hydrogen) atoms. The minimum absolute atomic E-state index is 0.0267. The standard InChI is InChI=1S/C23H37N7O3/c24-13-6-15-27-14-4-5-16-28-22(33)20(17-31)30-21(32)8-3-1-2-7-18-9-11-19(12-10-18)29-23(25)26/h9-12,20,27,31H,1-8,14-17H2,(H,28,33)(H,30,32)(H4,25,26,29)/t20-/m0/s1. The van der Waals surface area contributed by atoms with E-state index >= 15 is 0 Å². The molecule has 0 bridgehead atoms. The van der Waals surface area contributed by atoms with Gasteiger partial charge in [0.05, 0.1) is 18.4 Å². The third-order valence-corrected chi connectivity index (χ3v) is 4.89. The molecule has 0 unspecified atom stereocenters. The molecule has 0 spiro atoms. The summed E-state index contributed by atoms with van der Waals surface area (Å²) >= 11 is 0. The number of aryl methyl sites for hydroxylation is 1. The third kappa shape index (κ3) is 13.8. The van der Waals surface area contributed by atoms with Gasteiger partial charge in [0, 0.05) is 25.9 Å². The van der Waals surface area contributed by atoms with Crippen LogP contribution in [0.5, 0.6) is 0 Å². The molecule has 0 fully saturated rings. The second kappa shape index (κ2) is 17.4. The van der Waals surface area contributed by atoms with Crippen LogP contribution in [0.1, 0.15) is 50.5 Å². The van der Waals surface area contributed by atoms with Gasteiger partial charge in [-0.2, -0.15) is 5.26 Å². The first-order valence-corrected chi connectivity index (χ1v) is 11.4. The Hall–Kier alpha value is -3.16. The van der Waals surface area contributed by atoms with Crippen LogP contribution in [0.15, 0.2) is 29.3 Å². The summed E-state index contributed by atoms with van der Waals surface area (Å²) in [5.74, 6) is -0.598. The fraction of sp³-hybridized carbons (Fsp3) is 0.565. The van der Waals surface area contributed by atoms with E-state index < -0.39 is 12.6 Å². The van der Waals surface area contributed by atoms with Crippen molar-refractivity contribution in [2.45, 2.75) is 57.4 Å². The summed E-state index contributed by atoms with van der Waals surface area (Å²) in [5.41, 5.74) is 12.6. The van der Waals surface area contributed by atoms with Crippen LogP contribution < -0.4 is 27.4 Å². The molecule has 1 aromatic carbocycles. The highest BCUT2D eigenvalue weighted by Crippen LogP contribution is 2.15. The quantitative estimate of drug-likeness (QED) is 0.112. The lowest BCUT2D eigenvalue weighted by Gasteiger charge is -2.16. The Kier molecular flexibility index (Phi) is 14.7. The molecule has 0 saturated carbocycles. The van der Waals surface area contributed by atoms with Gasteiger partial charge in [0.15, 0.2) is 5.96 Å². The van der Waals surface area contributed by atoms with Crippen molar-refractivity contribution in [2.24, 2.45) is 16.5 Å². The lowest BCUT2D eigenvalue weighted by molar-refractivity contribution is -0.130. The van der Waals surface area contributed by atoms with E-state index in [-0.39, 0.29) is 17.8 Å². The number of aliphatic imine (C=N–C) groups is 1. The van der Waals surface area contributed by atoms with E-state index in [2.05, 4.69) is 27.0 Å². The fourth-order valence-corrected chi connectivity index (χ4v) is 3.12. The Labute approximate surface area is 195 Å². The van der Waals surface area contributed by atoms with Gasteiger partial charge >= 0.3 is 0 Å². The van der Waals surface area contributed by atoms with Crippen molar-refractivity contribution in [1.82, 2.24) is 16.0 Å².